The van der Waals surface area contributed by atoms with Gasteiger partial charge in [0.05, 0.1) is 4.92 Å². The van der Waals surface area contributed by atoms with Crippen molar-refractivity contribution in [2.75, 3.05) is 10.6 Å². The van der Waals surface area contributed by atoms with Crippen molar-refractivity contribution in [1.29, 1.82) is 0 Å². The number of rotatable bonds is 5. The number of amides is 1. The van der Waals surface area contributed by atoms with Gasteiger partial charge in [-0.2, -0.15) is 0 Å². The molecule has 0 saturated heterocycles. The Morgan fingerprint density at radius 1 is 1.14 bits per heavy atom. The zero-order valence-corrected chi connectivity index (χ0v) is 12.4. The van der Waals surface area contributed by atoms with E-state index in [1.54, 1.807) is 19.1 Å². The fourth-order valence-corrected chi connectivity index (χ4v) is 1.94. The Labute approximate surface area is 128 Å². The summed E-state index contributed by atoms with van der Waals surface area (Å²) >= 11 is 0. The molecule has 1 unspecified atom stereocenters. The molecule has 0 aliphatic rings. The van der Waals surface area contributed by atoms with Crippen molar-refractivity contribution in [3.63, 3.8) is 0 Å². The van der Waals surface area contributed by atoms with Crippen LogP contribution in [0.2, 0.25) is 0 Å². The molecule has 0 spiro atoms. The van der Waals surface area contributed by atoms with Crippen LogP contribution in [0, 0.1) is 17.0 Å². The van der Waals surface area contributed by atoms with Gasteiger partial charge < -0.3 is 10.6 Å². The molecule has 22 heavy (non-hydrogen) atoms. The minimum atomic E-state index is -0.525. The number of hydrogen-bond acceptors (Lipinski definition) is 4. The van der Waals surface area contributed by atoms with Crippen LogP contribution < -0.4 is 10.6 Å². The fraction of sp³-hybridized carbons (Fsp3) is 0.188. The number of carbonyl (C=O) groups excluding carboxylic acids is 1. The number of anilines is 2. The van der Waals surface area contributed by atoms with E-state index in [9.17, 15) is 14.9 Å². The lowest BCUT2D eigenvalue weighted by Gasteiger charge is -2.15. The van der Waals surface area contributed by atoms with Crippen LogP contribution in [0.3, 0.4) is 0 Å². The first-order chi connectivity index (χ1) is 10.5. The van der Waals surface area contributed by atoms with E-state index >= 15 is 0 Å². The van der Waals surface area contributed by atoms with Crippen molar-refractivity contribution in [2.24, 2.45) is 0 Å². The number of benzene rings is 2. The summed E-state index contributed by atoms with van der Waals surface area (Å²) in [5, 5.41) is 16.6. The van der Waals surface area contributed by atoms with E-state index in [1.165, 1.54) is 12.1 Å². The maximum absolute atomic E-state index is 12.2. The first kappa shape index (κ1) is 15.5. The van der Waals surface area contributed by atoms with Gasteiger partial charge in [-0.3, -0.25) is 14.9 Å². The first-order valence-corrected chi connectivity index (χ1v) is 6.85. The van der Waals surface area contributed by atoms with Gasteiger partial charge in [-0.15, -0.1) is 0 Å². The summed E-state index contributed by atoms with van der Waals surface area (Å²) in [6.07, 6.45) is 0. The molecule has 114 valence electrons. The molecule has 2 aromatic carbocycles. The van der Waals surface area contributed by atoms with E-state index in [0.717, 1.165) is 11.3 Å². The molecule has 0 heterocycles. The molecule has 2 N–H and O–H groups in total. The highest BCUT2D eigenvalue weighted by molar-refractivity contribution is 5.97. The van der Waals surface area contributed by atoms with E-state index < -0.39 is 11.0 Å². The van der Waals surface area contributed by atoms with Gasteiger partial charge in [0.15, 0.2) is 0 Å². The van der Waals surface area contributed by atoms with E-state index in [2.05, 4.69) is 10.6 Å². The highest BCUT2D eigenvalue weighted by Crippen LogP contribution is 2.23. The summed E-state index contributed by atoms with van der Waals surface area (Å²) in [4.78, 5) is 22.6. The smallest absolute Gasteiger partial charge is 0.292 e. The van der Waals surface area contributed by atoms with Gasteiger partial charge in [0.1, 0.15) is 11.7 Å². The number of hydrogen-bond donors (Lipinski definition) is 2. The Morgan fingerprint density at radius 3 is 2.41 bits per heavy atom. The fourth-order valence-electron chi connectivity index (χ4n) is 1.94. The Balaban J connectivity index is 2.05. The molecule has 6 nitrogen and oxygen atoms in total. The number of aryl methyl sites for hydroxylation is 1. The predicted octanol–water partition coefficient (Wildman–Crippen LogP) is 3.34. The van der Waals surface area contributed by atoms with E-state index in [1.807, 2.05) is 31.2 Å². The van der Waals surface area contributed by atoms with Gasteiger partial charge in [0, 0.05) is 11.8 Å². The van der Waals surface area contributed by atoms with Crippen molar-refractivity contribution in [2.45, 2.75) is 19.9 Å². The quantitative estimate of drug-likeness (QED) is 0.655. The molecule has 1 amide bonds. The van der Waals surface area contributed by atoms with Crippen molar-refractivity contribution >= 4 is 23.0 Å². The van der Waals surface area contributed by atoms with Crippen LogP contribution in [0.4, 0.5) is 17.1 Å². The third-order valence-corrected chi connectivity index (χ3v) is 3.19. The summed E-state index contributed by atoms with van der Waals surface area (Å²) in [5.41, 5.74) is 2.01. The predicted molar refractivity (Wildman–Crippen MR) is 86.0 cm³/mol. The van der Waals surface area contributed by atoms with Crippen LogP contribution in [-0.4, -0.2) is 16.9 Å². The van der Waals surface area contributed by atoms with Gasteiger partial charge in [-0.25, -0.2) is 0 Å². The van der Waals surface area contributed by atoms with Crippen LogP contribution in [0.5, 0.6) is 0 Å². The number of nitrogens with zero attached hydrogens (tertiary/aromatic N) is 1. The molecular weight excluding hydrogens is 282 g/mol. The first-order valence-electron chi connectivity index (χ1n) is 6.85. The summed E-state index contributed by atoms with van der Waals surface area (Å²) < 4.78 is 0. The van der Waals surface area contributed by atoms with E-state index in [-0.39, 0.29) is 17.3 Å². The molecule has 0 aliphatic heterocycles. The molecule has 2 aromatic rings. The monoisotopic (exact) mass is 299 g/mol. The third-order valence-electron chi connectivity index (χ3n) is 3.19. The van der Waals surface area contributed by atoms with Crippen molar-refractivity contribution in [1.82, 2.24) is 0 Å². The van der Waals surface area contributed by atoms with Gasteiger partial charge in [0.2, 0.25) is 5.91 Å². The van der Waals surface area contributed by atoms with E-state index in [4.69, 9.17) is 0 Å². The molecule has 6 heteroatoms. The molecule has 0 fully saturated rings. The Hall–Kier alpha value is -2.89. The number of nitro benzene ring substituents is 1. The summed E-state index contributed by atoms with van der Waals surface area (Å²) in [5.74, 6) is -0.338. The van der Waals surface area contributed by atoms with Crippen molar-refractivity contribution in [3.05, 3.63) is 64.2 Å². The average Bonchev–Trinajstić information content (AvgIpc) is 2.49. The molecule has 0 aliphatic carbocycles. The van der Waals surface area contributed by atoms with Gasteiger partial charge in [-0.05, 0) is 32.0 Å². The standard InChI is InChI=1S/C16H17N3O3/c1-11-7-9-13(10-8-11)17-12(2)16(20)18-14-5-3-4-6-15(14)19(21)22/h3-10,12,17H,1-2H3,(H,18,20). The zero-order valence-electron chi connectivity index (χ0n) is 12.4. The molecule has 0 aromatic heterocycles. The third kappa shape index (κ3) is 3.82. The van der Waals surface area contributed by atoms with Crippen LogP contribution >= 0.6 is 0 Å². The number of carbonyl (C=O) groups is 1. The van der Waals surface area contributed by atoms with Gasteiger partial charge in [-0.1, -0.05) is 29.8 Å². The van der Waals surface area contributed by atoms with Gasteiger partial charge in [0.25, 0.3) is 5.69 Å². The second-order valence-corrected chi connectivity index (χ2v) is 5.00. The summed E-state index contributed by atoms with van der Waals surface area (Å²) in [7, 11) is 0. The number of para-hydroxylation sites is 2. The molecule has 1 atom stereocenters. The SMILES string of the molecule is Cc1ccc(NC(C)C(=O)Nc2ccccc2[N+](=O)[O-])cc1. The van der Waals surface area contributed by atoms with Crippen LogP contribution in [-0.2, 0) is 4.79 Å². The Kier molecular flexibility index (Phi) is 4.73. The average molecular weight is 299 g/mol. The highest BCUT2D eigenvalue weighted by atomic mass is 16.6. The largest absolute Gasteiger partial charge is 0.374 e. The molecule has 2 rings (SSSR count). The van der Waals surface area contributed by atoms with Gasteiger partial charge >= 0.3 is 0 Å². The Bertz CT molecular complexity index is 683. The molecule has 0 radical (unpaired) electrons. The topological polar surface area (TPSA) is 84.3 Å². The number of nitrogens with one attached hydrogen (secondary N) is 2. The minimum Gasteiger partial charge on any atom is -0.374 e. The second-order valence-electron chi connectivity index (χ2n) is 5.00. The van der Waals surface area contributed by atoms with Crippen molar-refractivity contribution < 1.29 is 9.72 Å². The summed E-state index contributed by atoms with van der Waals surface area (Å²) in [6, 6.07) is 13.2. The maximum Gasteiger partial charge on any atom is 0.292 e. The lowest BCUT2D eigenvalue weighted by atomic mass is 10.2. The maximum atomic E-state index is 12.2. The van der Waals surface area contributed by atoms with Crippen molar-refractivity contribution in [3.8, 4) is 0 Å². The highest BCUT2D eigenvalue weighted by Gasteiger charge is 2.18. The lowest BCUT2D eigenvalue weighted by molar-refractivity contribution is -0.383. The van der Waals surface area contributed by atoms with E-state index in [0.29, 0.717) is 0 Å². The molecule has 0 bridgehead atoms. The minimum absolute atomic E-state index is 0.126. The van der Waals surface area contributed by atoms with Crippen LogP contribution in [0.25, 0.3) is 0 Å². The number of nitro groups is 1. The Morgan fingerprint density at radius 2 is 1.77 bits per heavy atom. The van der Waals surface area contributed by atoms with Crippen LogP contribution in [0.15, 0.2) is 48.5 Å². The normalized spacial score (nSPS) is 11.5. The van der Waals surface area contributed by atoms with Crippen LogP contribution in [0.1, 0.15) is 12.5 Å². The second kappa shape index (κ2) is 6.71. The lowest BCUT2D eigenvalue weighted by Crippen LogP contribution is -2.32. The molecular formula is C16H17N3O3. The zero-order chi connectivity index (χ0) is 16.1. The molecule has 0 saturated carbocycles. The summed E-state index contributed by atoms with van der Waals surface area (Å²) in [6.45, 7) is 3.68.